The highest BCUT2D eigenvalue weighted by molar-refractivity contribution is 5.43. The number of rotatable bonds is 4. The van der Waals surface area contributed by atoms with Gasteiger partial charge in [-0.3, -0.25) is 9.97 Å². The number of piperidine rings is 1. The van der Waals surface area contributed by atoms with Crippen molar-refractivity contribution < 1.29 is 17.9 Å². The quantitative estimate of drug-likeness (QED) is 0.824. The van der Waals surface area contributed by atoms with Crippen molar-refractivity contribution in [3.05, 3.63) is 41.6 Å². The van der Waals surface area contributed by atoms with E-state index in [1.165, 1.54) is 6.07 Å². The van der Waals surface area contributed by atoms with Crippen LogP contribution < -0.4 is 9.64 Å². The zero-order valence-electron chi connectivity index (χ0n) is 14.8. The van der Waals surface area contributed by atoms with Gasteiger partial charge in [0.2, 0.25) is 0 Å². The Labute approximate surface area is 150 Å². The first-order chi connectivity index (χ1) is 12.3. The van der Waals surface area contributed by atoms with E-state index in [1.54, 1.807) is 6.20 Å². The van der Waals surface area contributed by atoms with E-state index in [9.17, 15) is 13.2 Å². The lowest BCUT2D eigenvalue weighted by atomic mass is 9.97. The Bertz CT molecular complexity index is 758. The summed E-state index contributed by atoms with van der Waals surface area (Å²) in [5.41, 5.74) is 0.856. The van der Waals surface area contributed by atoms with Gasteiger partial charge in [-0.2, -0.15) is 13.2 Å². The maximum absolute atomic E-state index is 12.7. The molecule has 0 unspecified atom stereocenters. The summed E-state index contributed by atoms with van der Waals surface area (Å²) in [6.07, 6.45) is 0.208. The number of alkyl halides is 3. The molecule has 0 aliphatic carbocycles. The third-order valence-corrected chi connectivity index (χ3v) is 4.47. The standard InChI is InChI=1S/C18H21F3N4O/c1-12-10-23-13(2)17(24-12)25-7-4-14(5-8-25)11-26-15-3-6-22-16(9-15)18(19,20)21/h3,6,9-10,14H,4-5,7-8,11H2,1-2H3. The summed E-state index contributed by atoms with van der Waals surface area (Å²) in [5, 5.41) is 0. The molecule has 0 spiro atoms. The Kier molecular flexibility index (Phi) is 5.29. The van der Waals surface area contributed by atoms with Crippen LogP contribution in [-0.4, -0.2) is 34.6 Å². The number of nitrogens with zero attached hydrogens (tertiary/aromatic N) is 4. The number of halogens is 3. The summed E-state index contributed by atoms with van der Waals surface area (Å²) < 4.78 is 43.7. The molecule has 1 fully saturated rings. The molecule has 2 aromatic heterocycles. The summed E-state index contributed by atoms with van der Waals surface area (Å²) in [6.45, 7) is 5.92. The van der Waals surface area contributed by atoms with Gasteiger partial charge in [-0.15, -0.1) is 0 Å². The highest BCUT2D eigenvalue weighted by atomic mass is 19.4. The molecule has 8 heteroatoms. The van der Waals surface area contributed by atoms with Crippen molar-refractivity contribution in [3.63, 3.8) is 0 Å². The summed E-state index contributed by atoms with van der Waals surface area (Å²) in [5.74, 6) is 1.41. The van der Waals surface area contributed by atoms with Crippen LogP contribution in [0.15, 0.2) is 24.5 Å². The second kappa shape index (κ2) is 7.47. The van der Waals surface area contributed by atoms with Gasteiger partial charge < -0.3 is 9.64 Å². The number of anilines is 1. The van der Waals surface area contributed by atoms with Crippen molar-refractivity contribution in [1.29, 1.82) is 0 Å². The molecule has 3 rings (SSSR count). The van der Waals surface area contributed by atoms with E-state index < -0.39 is 11.9 Å². The number of ether oxygens (including phenoxy) is 1. The summed E-state index contributed by atoms with van der Waals surface area (Å²) in [4.78, 5) is 14.5. The van der Waals surface area contributed by atoms with Gasteiger partial charge in [0.25, 0.3) is 0 Å². The van der Waals surface area contributed by atoms with Gasteiger partial charge in [-0.1, -0.05) is 0 Å². The minimum atomic E-state index is -4.46. The van der Waals surface area contributed by atoms with Crippen molar-refractivity contribution in [1.82, 2.24) is 15.0 Å². The average molecular weight is 366 g/mol. The molecule has 1 aliphatic heterocycles. The minimum absolute atomic E-state index is 0.204. The van der Waals surface area contributed by atoms with Crippen molar-refractivity contribution in [2.75, 3.05) is 24.6 Å². The first kappa shape index (κ1) is 18.4. The maximum atomic E-state index is 12.7. The van der Waals surface area contributed by atoms with E-state index in [1.807, 2.05) is 13.8 Å². The van der Waals surface area contributed by atoms with E-state index in [0.717, 1.165) is 55.4 Å². The van der Waals surface area contributed by atoms with Gasteiger partial charge >= 0.3 is 6.18 Å². The molecular weight excluding hydrogens is 345 g/mol. The van der Waals surface area contributed by atoms with E-state index in [4.69, 9.17) is 4.74 Å². The Balaban J connectivity index is 1.54. The topological polar surface area (TPSA) is 51.1 Å². The molecule has 0 amide bonds. The van der Waals surface area contributed by atoms with Gasteiger partial charge in [-0.05, 0) is 38.7 Å². The lowest BCUT2D eigenvalue weighted by Gasteiger charge is -2.33. The van der Waals surface area contributed by atoms with Crippen LogP contribution in [-0.2, 0) is 6.18 Å². The minimum Gasteiger partial charge on any atom is -0.493 e. The lowest BCUT2D eigenvalue weighted by Crippen LogP contribution is -2.36. The van der Waals surface area contributed by atoms with Crippen molar-refractivity contribution >= 4 is 5.82 Å². The first-order valence-electron chi connectivity index (χ1n) is 8.54. The Hall–Kier alpha value is -2.38. The molecule has 1 aliphatic rings. The van der Waals surface area contributed by atoms with E-state index >= 15 is 0 Å². The SMILES string of the molecule is Cc1cnc(C)c(N2CCC(COc3ccnc(C(F)(F)F)c3)CC2)n1. The predicted molar refractivity (Wildman–Crippen MR) is 91.2 cm³/mol. The van der Waals surface area contributed by atoms with Crippen molar-refractivity contribution in [3.8, 4) is 5.75 Å². The Morgan fingerprint density at radius 3 is 2.62 bits per heavy atom. The number of aromatic nitrogens is 3. The van der Waals surface area contributed by atoms with Crippen molar-refractivity contribution in [2.24, 2.45) is 5.92 Å². The van der Waals surface area contributed by atoms with E-state index in [-0.39, 0.29) is 5.75 Å². The molecular formula is C18H21F3N4O. The molecule has 3 heterocycles. The summed E-state index contributed by atoms with van der Waals surface area (Å²) in [6, 6.07) is 2.40. The monoisotopic (exact) mass is 366 g/mol. The first-order valence-corrected chi connectivity index (χ1v) is 8.54. The molecule has 0 aromatic carbocycles. The molecule has 0 saturated carbocycles. The number of hydrogen-bond donors (Lipinski definition) is 0. The maximum Gasteiger partial charge on any atom is 0.433 e. The molecule has 1 saturated heterocycles. The third-order valence-electron chi connectivity index (χ3n) is 4.47. The Morgan fingerprint density at radius 2 is 1.92 bits per heavy atom. The molecule has 140 valence electrons. The Morgan fingerprint density at radius 1 is 1.19 bits per heavy atom. The molecule has 0 N–H and O–H groups in total. The van der Waals surface area contributed by atoms with Gasteiger partial charge in [0.05, 0.1) is 18.0 Å². The van der Waals surface area contributed by atoms with Crippen LogP contribution in [0.3, 0.4) is 0 Å². The van der Waals surface area contributed by atoms with Crippen LogP contribution in [0.2, 0.25) is 0 Å². The smallest absolute Gasteiger partial charge is 0.433 e. The number of pyridine rings is 1. The zero-order chi connectivity index (χ0) is 18.7. The lowest BCUT2D eigenvalue weighted by molar-refractivity contribution is -0.141. The predicted octanol–water partition coefficient (Wildman–Crippen LogP) is 3.80. The van der Waals surface area contributed by atoms with E-state index in [0.29, 0.717) is 12.5 Å². The fourth-order valence-electron chi connectivity index (χ4n) is 3.01. The molecule has 0 radical (unpaired) electrons. The molecule has 0 atom stereocenters. The normalized spacial score (nSPS) is 16.0. The molecule has 5 nitrogen and oxygen atoms in total. The van der Waals surface area contributed by atoms with Crippen LogP contribution in [0.5, 0.6) is 5.75 Å². The zero-order valence-corrected chi connectivity index (χ0v) is 14.8. The van der Waals surface area contributed by atoms with E-state index in [2.05, 4.69) is 19.9 Å². The fraction of sp³-hybridized carbons (Fsp3) is 0.500. The summed E-state index contributed by atoms with van der Waals surface area (Å²) >= 11 is 0. The van der Waals surface area contributed by atoms with Crippen LogP contribution in [0.4, 0.5) is 19.0 Å². The van der Waals surface area contributed by atoms with Crippen LogP contribution in [0.1, 0.15) is 29.9 Å². The fourth-order valence-corrected chi connectivity index (χ4v) is 3.01. The second-order valence-corrected chi connectivity index (χ2v) is 6.54. The molecule has 2 aromatic rings. The molecule has 0 bridgehead atoms. The highest BCUT2D eigenvalue weighted by Gasteiger charge is 2.32. The largest absolute Gasteiger partial charge is 0.493 e. The third kappa shape index (κ3) is 4.42. The van der Waals surface area contributed by atoms with Crippen LogP contribution in [0, 0.1) is 19.8 Å². The van der Waals surface area contributed by atoms with Crippen LogP contribution in [0.25, 0.3) is 0 Å². The second-order valence-electron chi connectivity index (χ2n) is 6.54. The van der Waals surface area contributed by atoms with Crippen LogP contribution >= 0.6 is 0 Å². The van der Waals surface area contributed by atoms with Gasteiger partial charge in [-0.25, -0.2) is 4.98 Å². The highest BCUT2D eigenvalue weighted by Crippen LogP contribution is 2.30. The van der Waals surface area contributed by atoms with Crippen molar-refractivity contribution in [2.45, 2.75) is 32.9 Å². The van der Waals surface area contributed by atoms with Gasteiger partial charge in [0.1, 0.15) is 17.3 Å². The summed E-state index contributed by atoms with van der Waals surface area (Å²) in [7, 11) is 0. The van der Waals surface area contributed by atoms with Gasteiger partial charge in [0.15, 0.2) is 0 Å². The average Bonchev–Trinajstić information content (AvgIpc) is 2.62. The number of hydrogen-bond acceptors (Lipinski definition) is 5. The molecule has 26 heavy (non-hydrogen) atoms. The van der Waals surface area contributed by atoms with Gasteiger partial charge in [0, 0.05) is 31.5 Å². The number of aryl methyl sites for hydroxylation is 2.